The maximum atomic E-state index is 12.1. The van der Waals surface area contributed by atoms with E-state index in [1.54, 1.807) is 16.8 Å². The Morgan fingerprint density at radius 2 is 2.09 bits per heavy atom. The Bertz CT molecular complexity index is 524. The van der Waals surface area contributed by atoms with Crippen molar-refractivity contribution < 1.29 is 14.3 Å². The number of carbonyl (C=O) groups excluding carboxylic acids is 2. The van der Waals surface area contributed by atoms with Gasteiger partial charge in [-0.05, 0) is 24.3 Å². The standard InChI is InChI=1S/C17H23ClN2O3/c1-19(17(22)23-13-14-6-3-2-4-7-14)11-15-8-5-9-20(12-15)16(21)10-18/h2-4,6-7,15H,5,8-13H2,1H3/t15-/m0/s1. The molecule has 1 aliphatic rings. The molecule has 23 heavy (non-hydrogen) atoms. The quantitative estimate of drug-likeness (QED) is 0.776. The fourth-order valence-corrected chi connectivity index (χ4v) is 2.99. The van der Waals surface area contributed by atoms with Gasteiger partial charge in [-0.25, -0.2) is 4.79 Å². The third-order valence-corrected chi connectivity index (χ3v) is 4.26. The van der Waals surface area contributed by atoms with Crippen molar-refractivity contribution in [3.05, 3.63) is 35.9 Å². The highest BCUT2D eigenvalue weighted by Crippen LogP contribution is 2.18. The number of hydrogen-bond acceptors (Lipinski definition) is 3. The van der Waals surface area contributed by atoms with Crippen LogP contribution < -0.4 is 0 Å². The normalized spacial score (nSPS) is 17.7. The van der Waals surface area contributed by atoms with Crippen LogP contribution in [0, 0.1) is 5.92 Å². The van der Waals surface area contributed by atoms with E-state index < -0.39 is 0 Å². The lowest BCUT2D eigenvalue weighted by Gasteiger charge is -2.34. The molecule has 1 fully saturated rings. The number of rotatable bonds is 5. The lowest BCUT2D eigenvalue weighted by Crippen LogP contribution is -2.44. The average molecular weight is 339 g/mol. The van der Waals surface area contributed by atoms with Gasteiger partial charge < -0.3 is 14.5 Å². The van der Waals surface area contributed by atoms with Crippen LogP contribution in [-0.4, -0.2) is 54.4 Å². The van der Waals surface area contributed by atoms with Crippen molar-refractivity contribution >= 4 is 23.6 Å². The summed E-state index contributed by atoms with van der Waals surface area (Å²) in [6.45, 7) is 2.26. The van der Waals surface area contributed by atoms with Gasteiger partial charge in [0.2, 0.25) is 5.91 Å². The van der Waals surface area contributed by atoms with Crippen LogP contribution in [0.1, 0.15) is 18.4 Å². The maximum absolute atomic E-state index is 12.1. The van der Waals surface area contributed by atoms with E-state index in [-0.39, 0.29) is 30.4 Å². The minimum atomic E-state index is -0.338. The van der Waals surface area contributed by atoms with Crippen molar-refractivity contribution in [2.75, 3.05) is 32.6 Å². The second-order valence-corrected chi connectivity index (χ2v) is 6.17. The number of hydrogen-bond donors (Lipinski definition) is 0. The molecule has 2 rings (SSSR count). The molecule has 1 saturated heterocycles. The number of alkyl halides is 1. The van der Waals surface area contributed by atoms with Gasteiger partial charge in [0, 0.05) is 26.7 Å². The number of nitrogens with zero attached hydrogens (tertiary/aromatic N) is 2. The lowest BCUT2D eigenvalue weighted by atomic mass is 9.97. The van der Waals surface area contributed by atoms with Crippen molar-refractivity contribution in [3.8, 4) is 0 Å². The number of piperidine rings is 1. The summed E-state index contributed by atoms with van der Waals surface area (Å²) in [4.78, 5) is 27.1. The second-order valence-electron chi connectivity index (χ2n) is 5.90. The molecule has 1 aliphatic heterocycles. The molecule has 1 atom stereocenters. The topological polar surface area (TPSA) is 49.9 Å². The van der Waals surface area contributed by atoms with Crippen molar-refractivity contribution in [2.24, 2.45) is 5.92 Å². The van der Waals surface area contributed by atoms with E-state index >= 15 is 0 Å². The van der Waals surface area contributed by atoms with Crippen LogP contribution in [0.2, 0.25) is 0 Å². The molecular formula is C17H23ClN2O3. The predicted molar refractivity (Wildman–Crippen MR) is 89.3 cm³/mol. The number of likely N-dealkylation sites (tertiary alicyclic amines) is 1. The van der Waals surface area contributed by atoms with Crippen LogP contribution in [-0.2, 0) is 16.1 Å². The zero-order valence-corrected chi connectivity index (χ0v) is 14.2. The van der Waals surface area contributed by atoms with E-state index in [0.29, 0.717) is 13.1 Å². The third kappa shape index (κ3) is 5.43. The number of amides is 2. The van der Waals surface area contributed by atoms with E-state index in [4.69, 9.17) is 16.3 Å². The Balaban J connectivity index is 1.77. The summed E-state index contributed by atoms with van der Waals surface area (Å²) in [5.41, 5.74) is 0.964. The van der Waals surface area contributed by atoms with Gasteiger partial charge in [0.1, 0.15) is 12.5 Å². The van der Waals surface area contributed by atoms with Crippen LogP contribution in [0.5, 0.6) is 0 Å². The van der Waals surface area contributed by atoms with E-state index in [9.17, 15) is 9.59 Å². The molecule has 0 N–H and O–H groups in total. The van der Waals surface area contributed by atoms with Crippen LogP contribution in [0.4, 0.5) is 4.79 Å². The average Bonchev–Trinajstić information content (AvgIpc) is 2.60. The molecule has 0 bridgehead atoms. The van der Waals surface area contributed by atoms with Crippen LogP contribution in [0.25, 0.3) is 0 Å². The highest BCUT2D eigenvalue weighted by Gasteiger charge is 2.25. The molecule has 5 nitrogen and oxygen atoms in total. The molecule has 2 amide bonds. The molecule has 0 aliphatic carbocycles. The fourth-order valence-electron chi connectivity index (χ4n) is 2.82. The Hall–Kier alpha value is -1.75. The smallest absolute Gasteiger partial charge is 0.409 e. The molecule has 0 unspecified atom stereocenters. The van der Waals surface area contributed by atoms with Gasteiger partial charge in [-0.1, -0.05) is 30.3 Å². The Kier molecular flexibility index (Phi) is 6.71. The number of carbonyl (C=O) groups is 2. The molecule has 0 saturated carbocycles. The first-order chi connectivity index (χ1) is 11.1. The number of ether oxygens (including phenoxy) is 1. The van der Waals surface area contributed by atoms with Gasteiger partial charge in [-0.3, -0.25) is 4.79 Å². The summed E-state index contributed by atoms with van der Waals surface area (Å²) in [6, 6.07) is 9.59. The molecule has 0 radical (unpaired) electrons. The minimum absolute atomic E-state index is 0.0156. The van der Waals surface area contributed by atoms with Gasteiger partial charge in [0.25, 0.3) is 0 Å². The first-order valence-electron chi connectivity index (χ1n) is 7.85. The summed E-state index contributed by atoms with van der Waals surface area (Å²) < 4.78 is 5.31. The van der Waals surface area contributed by atoms with E-state index in [0.717, 1.165) is 24.9 Å². The summed E-state index contributed by atoms with van der Waals surface area (Å²) >= 11 is 5.61. The van der Waals surface area contributed by atoms with E-state index in [1.165, 1.54) is 0 Å². The SMILES string of the molecule is CN(C[C@@H]1CCCN(C(=O)CCl)C1)C(=O)OCc1ccccc1. The van der Waals surface area contributed by atoms with Crippen LogP contribution in [0.15, 0.2) is 30.3 Å². The monoisotopic (exact) mass is 338 g/mol. The van der Waals surface area contributed by atoms with E-state index in [2.05, 4.69) is 0 Å². The molecule has 0 spiro atoms. The van der Waals surface area contributed by atoms with Gasteiger partial charge in [0.05, 0.1) is 0 Å². The summed E-state index contributed by atoms with van der Waals surface area (Å²) in [5.74, 6) is 0.248. The van der Waals surface area contributed by atoms with Crippen molar-refractivity contribution in [1.82, 2.24) is 9.80 Å². The Morgan fingerprint density at radius 1 is 1.35 bits per heavy atom. The van der Waals surface area contributed by atoms with Gasteiger partial charge in [-0.2, -0.15) is 0 Å². The summed E-state index contributed by atoms with van der Waals surface area (Å²) in [5, 5.41) is 0. The highest BCUT2D eigenvalue weighted by atomic mass is 35.5. The van der Waals surface area contributed by atoms with Crippen LogP contribution >= 0.6 is 11.6 Å². The predicted octanol–water partition coefficient (Wildman–Crippen LogP) is 2.73. The molecule has 0 aromatic heterocycles. The molecule has 126 valence electrons. The van der Waals surface area contributed by atoms with Crippen LogP contribution in [0.3, 0.4) is 0 Å². The Morgan fingerprint density at radius 3 is 2.78 bits per heavy atom. The van der Waals surface area contributed by atoms with Gasteiger partial charge >= 0.3 is 6.09 Å². The maximum Gasteiger partial charge on any atom is 0.409 e. The minimum Gasteiger partial charge on any atom is -0.445 e. The lowest BCUT2D eigenvalue weighted by molar-refractivity contribution is -0.130. The highest BCUT2D eigenvalue weighted by molar-refractivity contribution is 6.27. The molecule has 1 aromatic carbocycles. The largest absolute Gasteiger partial charge is 0.445 e. The second kappa shape index (κ2) is 8.77. The molecule has 6 heteroatoms. The third-order valence-electron chi connectivity index (χ3n) is 4.03. The summed E-state index contributed by atoms with van der Waals surface area (Å²) in [7, 11) is 1.73. The van der Waals surface area contributed by atoms with Gasteiger partial charge in [-0.15, -0.1) is 11.6 Å². The number of halogens is 1. The molecular weight excluding hydrogens is 316 g/mol. The van der Waals surface area contributed by atoms with E-state index in [1.807, 2.05) is 30.3 Å². The molecule has 1 aromatic rings. The first kappa shape index (κ1) is 17.6. The summed E-state index contributed by atoms with van der Waals surface area (Å²) in [6.07, 6.45) is 1.61. The first-order valence-corrected chi connectivity index (χ1v) is 8.39. The zero-order chi connectivity index (χ0) is 16.7. The fraction of sp³-hybridized carbons (Fsp3) is 0.529. The Labute approximate surface area is 142 Å². The van der Waals surface area contributed by atoms with Gasteiger partial charge in [0.15, 0.2) is 0 Å². The number of benzene rings is 1. The van der Waals surface area contributed by atoms with Crippen molar-refractivity contribution in [1.29, 1.82) is 0 Å². The zero-order valence-electron chi connectivity index (χ0n) is 13.4. The molecule has 1 heterocycles. The van der Waals surface area contributed by atoms with Crippen molar-refractivity contribution in [3.63, 3.8) is 0 Å². The van der Waals surface area contributed by atoms with Crippen molar-refractivity contribution in [2.45, 2.75) is 19.4 Å².